The molecule has 3 aromatic heterocycles. The lowest BCUT2D eigenvalue weighted by Crippen LogP contribution is -2.22. The Kier molecular flexibility index (Phi) is 6.09. The van der Waals surface area contributed by atoms with Crippen LogP contribution in [-0.4, -0.2) is 34.2 Å². The highest BCUT2D eigenvalue weighted by molar-refractivity contribution is 6.76. The zero-order chi connectivity index (χ0) is 21.2. The van der Waals surface area contributed by atoms with Gasteiger partial charge in [-0.15, -0.1) is 0 Å². The summed E-state index contributed by atoms with van der Waals surface area (Å²) < 4.78 is 14.0. The first-order valence-corrected chi connectivity index (χ1v) is 13.5. The van der Waals surface area contributed by atoms with Gasteiger partial charge in [0.15, 0.2) is 11.6 Å². The van der Waals surface area contributed by atoms with Crippen molar-refractivity contribution in [1.82, 2.24) is 19.5 Å². The number of ether oxygens (including phenoxy) is 2. The first-order chi connectivity index (χ1) is 13.7. The minimum atomic E-state index is -1.12. The molecule has 0 aliphatic heterocycles. The van der Waals surface area contributed by atoms with Gasteiger partial charge in [-0.3, -0.25) is 0 Å². The molecule has 3 rings (SSSR count). The Morgan fingerprint density at radius 2 is 1.90 bits per heavy atom. The summed E-state index contributed by atoms with van der Waals surface area (Å²) >= 11 is 0. The third-order valence-electron chi connectivity index (χ3n) is 4.63. The molecule has 29 heavy (non-hydrogen) atoms. The Labute approximate surface area is 172 Å². The van der Waals surface area contributed by atoms with E-state index < -0.39 is 8.07 Å². The van der Waals surface area contributed by atoms with Crippen LogP contribution in [0.3, 0.4) is 0 Å². The van der Waals surface area contributed by atoms with Gasteiger partial charge in [0.1, 0.15) is 18.1 Å². The van der Waals surface area contributed by atoms with Crippen molar-refractivity contribution in [2.45, 2.75) is 52.2 Å². The van der Waals surface area contributed by atoms with Gasteiger partial charge in [-0.25, -0.2) is 9.97 Å². The van der Waals surface area contributed by atoms with Crippen molar-refractivity contribution in [2.24, 2.45) is 0 Å². The van der Waals surface area contributed by atoms with Gasteiger partial charge in [0.25, 0.3) is 0 Å². The second-order valence-electron chi connectivity index (χ2n) is 8.65. The van der Waals surface area contributed by atoms with Crippen LogP contribution in [0.15, 0.2) is 24.7 Å². The van der Waals surface area contributed by atoms with Crippen molar-refractivity contribution >= 4 is 30.9 Å². The van der Waals surface area contributed by atoms with E-state index in [1.54, 1.807) is 0 Å². The second-order valence-corrected chi connectivity index (χ2v) is 14.3. The van der Waals surface area contributed by atoms with E-state index in [-0.39, 0.29) is 17.7 Å². The number of nitrogens with zero attached hydrogens (tertiary/aromatic N) is 4. The summed E-state index contributed by atoms with van der Waals surface area (Å²) in [7, 11) is -1.12. The lowest BCUT2D eigenvalue weighted by Gasteiger charge is -2.17. The maximum atomic E-state index is 6.16. The van der Waals surface area contributed by atoms with Crippen LogP contribution >= 0.6 is 0 Å². The molecule has 0 saturated heterocycles. The third kappa shape index (κ3) is 5.04. The fourth-order valence-electron chi connectivity index (χ4n) is 2.89. The van der Waals surface area contributed by atoms with E-state index in [1.165, 1.54) is 6.20 Å². The lowest BCUT2D eigenvalue weighted by molar-refractivity contribution is 0.0899. The molecule has 0 amide bonds. The molecular formula is C20H30N6O2Si. The second kappa shape index (κ2) is 8.38. The monoisotopic (exact) mass is 414 g/mol. The molecule has 0 aliphatic carbocycles. The van der Waals surface area contributed by atoms with Gasteiger partial charge in [-0.2, -0.15) is 4.98 Å². The van der Waals surface area contributed by atoms with Gasteiger partial charge in [0.05, 0.1) is 11.6 Å². The summed E-state index contributed by atoms with van der Waals surface area (Å²) in [5.41, 5.74) is 13.3. The van der Waals surface area contributed by atoms with E-state index >= 15 is 0 Å². The molecule has 0 spiro atoms. The number of nitrogens with two attached hydrogens (primary N) is 2. The molecule has 8 nitrogen and oxygen atoms in total. The molecule has 0 fully saturated rings. The van der Waals surface area contributed by atoms with E-state index in [9.17, 15) is 0 Å². The van der Waals surface area contributed by atoms with Crippen molar-refractivity contribution in [3.8, 4) is 11.5 Å². The Morgan fingerprint density at radius 1 is 1.14 bits per heavy atom. The zero-order valence-electron chi connectivity index (χ0n) is 17.8. The number of fused-ring (bicyclic) bond motifs is 1. The highest BCUT2D eigenvalue weighted by Crippen LogP contribution is 2.38. The summed E-state index contributed by atoms with van der Waals surface area (Å²) in [6.07, 6.45) is 5.30. The molecule has 3 heterocycles. The maximum Gasteiger partial charge on any atom is 0.222 e. The van der Waals surface area contributed by atoms with Crippen molar-refractivity contribution in [2.75, 3.05) is 18.1 Å². The van der Waals surface area contributed by atoms with E-state index in [2.05, 4.69) is 48.4 Å². The predicted octanol–water partition coefficient (Wildman–Crippen LogP) is 4.22. The average molecular weight is 415 g/mol. The standard InChI is InChI=1S/C20H30N6O2Si/c1-13(2)15-10-23-19-14(6-7-26(19)12-27-8-9-29(3,4)5)17(15)28-16-11-24-20(22)25-18(16)21/h6-7,10-11,13H,8-9,12H2,1-5H3,(H4,21,22,24,25). The molecule has 0 bridgehead atoms. The lowest BCUT2D eigenvalue weighted by atomic mass is 10.0. The van der Waals surface area contributed by atoms with Gasteiger partial charge >= 0.3 is 0 Å². The minimum Gasteiger partial charge on any atom is -0.451 e. The maximum absolute atomic E-state index is 6.16. The molecule has 3 aromatic rings. The van der Waals surface area contributed by atoms with Crippen molar-refractivity contribution < 1.29 is 9.47 Å². The highest BCUT2D eigenvalue weighted by atomic mass is 28.3. The molecule has 0 aliphatic rings. The van der Waals surface area contributed by atoms with Crippen molar-refractivity contribution in [3.63, 3.8) is 0 Å². The molecule has 0 unspecified atom stereocenters. The summed E-state index contributed by atoms with van der Waals surface area (Å²) in [5.74, 6) is 1.60. The summed E-state index contributed by atoms with van der Waals surface area (Å²) in [6, 6.07) is 3.11. The zero-order valence-corrected chi connectivity index (χ0v) is 18.8. The average Bonchev–Trinajstić information content (AvgIpc) is 3.03. The van der Waals surface area contributed by atoms with Gasteiger partial charge < -0.3 is 25.5 Å². The molecule has 0 aromatic carbocycles. The Hall–Kier alpha value is -2.65. The first kappa shape index (κ1) is 21.1. The van der Waals surface area contributed by atoms with Gasteiger partial charge in [-0.1, -0.05) is 33.5 Å². The molecular weight excluding hydrogens is 384 g/mol. The SMILES string of the molecule is CC(C)c1cnc2c(ccn2COCC[Si](C)(C)C)c1Oc1cnc(N)nc1N. The van der Waals surface area contributed by atoms with E-state index in [0.29, 0.717) is 18.2 Å². The van der Waals surface area contributed by atoms with E-state index in [0.717, 1.165) is 29.2 Å². The smallest absolute Gasteiger partial charge is 0.222 e. The first-order valence-electron chi connectivity index (χ1n) is 9.77. The number of anilines is 2. The van der Waals surface area contributed by atoms with Crippen LogP contribution in [0.1, 0.15) is 25.3 Å². The van der Waals surface area contributed by atoms with Crippen molar-refractivity contribution in [3.05, 3.63) is 30.2 Å². The number of hydrogen-bond acceptors (Lipinski definition) is 7. The summed E-state index contributed by atoms with van der Waals surface area (Å²) in [4.78, 5) is 12.6. The molecule has 0 atom stereocenters. The number of rotatable bonds is 8. The number of nitrogen functional groups attached to an aromatic ring is 2. The van der Waals surface area contributed by atoms with Crippen LogP contribution in [0.5, 0.6) is 11.5 Å². The summed E-state index contributed by atoms with van der Waals surface area (Å²) in [5, 5.41) is 0.890. The van der Waals surface area contributed by atoms with Crippen LogP contribution < -0.4 is 16.2 Å². The van der Waals surface area contributed by atoms with Gasteiger partial charge in [0.2, 0.25) is 5.95 Å². The van der Waals surface area contributed by atoms with E-state index in [1.807, 2.05) is 23.0 Å². The summed E-state index contributed by atoms with van der Waals surface area (Å²) in [6.45, 7) is 12.4. The van der Waals surface area contributed by atoms with Gasteiger partial charge in [-0.05, 0) is 18.0 Å². The van der Waals surface area contributed by atoms with Gasteiger partial charge in [0, 0.05) is 32.6 Å². The van der Waals surface area contributed by atoms with Crippen molar-refractivity contribution in [1.29, 1.82) is 0 Å². The van der Waals surface area contributed by atoms with Crippen LogP contribution in [0, 0.1) is 0 Å². The number of pyridine rings is 1. The van der Waals surface area contributed by atoms with Crippen LogP contribution in [0.25, 0.3) is 11.0 Å². The normalized spacial score (nSPS) is 12.1. The number of aromatic nitrogens is 4. The Bertz CT molecular complexity index is 997. The fraction of sp³-hybridized carbons (Fsp3) is 0.450. The third-order valence-corrected chi connectivity index (χ3v) is 6.33. The number of hydrogen-bond donors (Lipinski definition) is 2. The molecule has 156 valence electrons. The quantitative estimate of drug-likeness (QED) is 0.419. The fourth-order valence-corrected chi connectivity index (χ4v) is 3.64. The molecule has 9 heteroatoms. The minimum absolute atomic E-state index is 0.112. The van der Waals surface area contributed by atoms with Crippen LogP contribution in [0.2, 0.25) is 25.7 Å². The van der Waals surface area contributed by atoms with E-state index in [4.69, 9.17) is 20.9 Å². The predicted molar refractivity (Wildman–Crippen MR) is 119 cm³/mol. The largest absolute Gasteiger partial charge is 0.451 e. The van der Waals surface area contributed by atoms with Crippen LogP contribution in [0.4, 0.5) is 11.8 Å². The highest BCUT2D eigenvalue weighted by Gasteiger charge is 2.18. The Balaban J connectivity index is 1.91. The molecule has 4 N–H and O–H groups in total. The molecule has 0 saturated carbocycles. The molecule has 0 radical (unpaired) electrons. The van der Waals surface area contributed by atoms with Crippen LogP contribution in [-0.2, 0) is 11.5 Å². The topological polar surface area (TPSA) is 114 Å². The Morgan fingerprint density at radius 3 is 2.55 bits per heavy atom.